The Labute approximate surface area is 256 Å². The largest absolute Gasteiger partial charge is 0.497 e. The van der Waals surface area contributed by atoms with Crippen LogP contribution in [0.25, 0.3) is 0 Å². The van der Waals surface area contributed by atoms with Crippen LogP contribution >= 0.6 is 34.8 Å². The van der Waals surface area contributed by atoms with Crippen molar-refractivity contribution in [2.24, 2.45) is 0 Å². The molecule has 2 atom stereocenters. The fourth-order valence-electron chi connectivity index (χ4n) is 3.89. The second-order valence-corrected chi connectivity index (χ2v) is 12.6. The molecule has 2 amide bonds. The molecule has 0 aliphatic carbocycles. The van der Waals surface area contributed by atoms with Gasteiger partial charge in [0.2, 0.25) is 11.8 Å². The molecule has 8 nitrogen and oxygen atoms in total. The molecule has 3 aromatic rings. The van der Waals surface area contributed by atoms with Gasteiger partial charge in [-0.15, -0.1) is 0 Å². The first-order valence-electron chi connectivity index (χ1n) is 12.8. The molecule has 220 valence electrons. The number of benzene rings is 3. The number of methoxy groups -OCH3 is 1. The lowest BCUT2D eigenvalue weighted by Crippen LogP contribution is -2.52. The van der Waals surface area contributed by atoms with Crippen molar-refractivity contribution in [3.63, 3.8) is 0 Å². The minimum atomic E-state index is -4.23. The number of carbonyl (C=O) groups is 2. The molecule has 3 aromatic carbocycles. The van der Waals surface area contributed by atoms with Crippen LogP contribution < -0.4 is 14.4 Å². The number of carbonyl (C=O) groups excluding carboxylic acids is 2. The number of anilines is 1. The number of rotatable bonds is 12. The average Bonchev–Trinajstić information content (AvgIpc) is 2.95. The Morgan fingerprint density at radius 3 is 2.10 bits per heavy atom. The molecule has 0 unspecified atom stereocenters. The summed E-state index contributed by atoms with van der Waals surface area (Å²) in [6.07, 6.45) is 0.694. The Morgan fingerprint density at radius 2 is 1.54 bits per heavy atom. The van der Waals surface area contributed by atoms with Crippen LogP contribution in [0.1, 0.15) is 32.8 Å². The van der Waals surface area contributed by atoms with Crippen LogP contribution in [0.4, 0.5) is 5.69 Å². The molecule has 0 spiro atoms. The third-order valence-electron chi connectivity index (χ3n) is 6.57. The maximum absolute atomic E-state index is 14.0. The lowest BCUT2D eigenvalue weighted by molar-refractivity contribution is -0.139. The average molecular weight is 641 g/mol. The van der Waals surface area contributed by atoms with E-state index in [2.05, 4.69) is 5.32 Å². The number of nitrogens with zero attached hydrogens (tertiary/aromatic N) is 2. The maximum atomic E-state index is 14.0. The number of ether oxygens (including phenoxy) is 1. The molecular formula is C29H32Cl3N3O5S. The fraction of sp³-hybridized carbons (Fsp3) is 0.310. The third kappa shape index (κ3) is 8.29. The van der Waals surface area contributed by atoms with Crippen molar-refractivity contribution in [3.05, 3.63) is 87.4 Å². The van der Waals surface area contributed by atoms with Crippen LogP contribution in [0.3, 0.4) is 0 Å². The highest BCUT2D eigenvalue weighted by molar-refractivity contribution is 7.92. The molecule has 0 fully saturated rings. The SMILES string of the molecule is CC[C@@H](C)NC(=O)[C@H](C)N(Cc1ccc(Cl)cc1Cl)C(=O)CN(c1ccc(Cl)cc1)S(=O)(=O)c1ccc(OC)cc1. The monoisotopic (exact) mass is 639 g/mol. The van der Waals surface area contributed by atoms with Crippen LogP contribution in [-0.2, 0) is 26.2 Å². The first-order valence-corrected chi connectivity index (χ1v) is 15.4. The van der Waals surface area contributed by atoms with Crippen molar-refractivity contribution in [1.82, 2.24) is 10.2 Å². The standard InChI is InChI=1S/C29H32Cl3N3O5S/c1-5-19(2)33-29(37)20(3)34(17-21-6-7-23(31)16-27(21)32)28(36)18-35(24-10-8-22(30)9-11-24)41(38,39)26-14-12-25(40-4)13-15-26/h6-16,19-20H,5,17-18H2,1-4H3,(H,33,37)/t19-,20+/m1/s1. The molecule has 0 saturated carbocycles. The quantitative estimate of drug-likeness (QED) is 0.255. The zero-order valence-electron chi connectivity index (χ0n) is 23.1. The Kier molecular flexibility index (Phi) is 11.3. The van der Waals surface area contributed by atoms with Crippen LogP contribution in [-0.4, -0.2) is 50.9 Å². The summed E-state index contributed by atoms with van der Waals surface area (Å²) in [5.41, 5.74) is 0.767. The summed E-state index contributed by atoms with van der Waals surface area (Å²) in [4.78, 5) is 28.4. The van der Waals surface area contributed by atoms with Crippen molar-refractivity contribution < 1.29 is 22.7 Å². The van der Waals surface area contributed by atoms with Gasteiger partial charge < -0.3 is 15.0 Å². The van der Waals surface area contributed by atoms with E-state index < -0.39 is 28.5 Å². The van der Waals surface area contributed by atoms with Gasteiger partial charge in [-0.05, 0) is 86.5 Å². The minimum Gasteiger partial charge on any atom is -0.497 e. The first-order chi connectivity index (χ1) is 19.4. The summed E-state index contributed by atoms with van der Waals surface area (Å²) in [5, 5.41) is 4.01. The molecule has 3 rings (SSSR count). The van der Waals surface area contributed by atoms with Gasteiger partial charge >= 0.3 is 0 Å². The van der Waals surface area contributed by atoms with Crippen molar-refractivity contribution in [2.75, 3.05) is 18.0 Å². The number of nitrogens with one attached hydrogen (secondary N) is 1. The van der Waals surface area contributed by atoms with E-state index in [1.165, 1.54) is 60.5 Å². The summed E-state index contributed by atoms with van der Waals surface area (Å²) in [7, 11) is -2.76. The molecule has 12 heteroatoms. The van der Waals surface area contributed by atoms with Crippen LogP contribution in [0, 0.1) is 0 Å². The number of amides is 2. The zero-order valence-corrected chi connectivity index (χ0v) is 26.2. The number of halogens is 3. The fourth-order valence-corrected chi connectivity index (χ4v) is 5.90. The van der Waals surface area contributed by atoms with Crippen molar-refractivity contribution >= 4 is 62.3 Å². The highest BCUT2D eigenvalue weighted by Gasteiger charge is 2.33. The lowest BCUT2D eigenvalue weighted by Gasteiger charge is -2.32. The molecular weight excluding hydrogens is 609 g/mol. The molecule has 0 saturated heterocycles. The van der Waals surface area contributed by atoms with E-state index in [1.807, 2.05) is 13.8 Å². The van der Waals surface area contributed by atoms with E-state index in [0.717, 1.165) is 4.31 Å². The van der Waals surface area contributed by atoms with Gasteiger partial charge in [0.25, 0.3) is 10.0 Å². The van der Waals surface area contributed by atoms with Gasteiger partial charge in [-0.1, -0.05) is 47.8 Å². The highest BCUT2D eigenvalue weighted by atomic mass is 35.5. The number of hydrogen-bond donors (Lipinski definition) is 1. The van der Waals surface area contributed by atoms with E-state index in [9.17, 15) is 18.0 Å². The summed E-state index contributed by atoms with van der Waals surface area (Å²) < 4.78 is 33.9. The van der Waals surface area contributed by atoms with Crippen molar-refractivity contribution in [1.29, 1.82) is 0 Å². The molecule has 0 bridgehead atoms. The topological polar surface area (TPSA) is 96.0 Å². The zero-order chi connectivity index (χ0) is 30.3. The number of hydrogen-bond acceptors (Lipinski definition) is 5. The normalized spacial score (nSPS) is 12.8. The number of sulfonamides is 1. The molecule has 0 aromatic heterocycles. The Bertz CT molecular complexity index is 1470. The van der Waals surface area contributed by atoms with E-state index in [4.69, 9.17) is 39.5 Å². The first kappa shape index (κ1) is 32.5. The smallest absolute Gasteiger partial charge is 0.264 e. The van der Waals surface area contributed by atoms with E-state index >= 15 is 0 Å². The van der Waals surface area contributed by atoms with Crippen LogP contribution in [0.5, 0.6) is 5.75 Å². The summed E-state index contributed by atoms with van der Waals surface area (Å²) in [6, 6.07) is 15.7. The van der Waals surface area contributed by atoms with Gasteiger partial charge in [0.1, 0.15) is 18.3 Å². The Morgan fingerprint density at radius 1 is 0.927 bits per heavy atom. The van der Waals surface area contributed by atoms with Crippen molar-refractivity contribution in [2.45, 2.75) is 50.7 Å². The second kappa shape index (κ2) is 14.3. The Hall–Kier alpha value is -2.98. The lowest BCUT2D eigenvalue weighted by atomic mass is 10.1. The molecule has 1 N–H and O–H groups in total. The summed E-state index contributed by atoms with van der Waals surface area (Å²) in [5.74, 6) is -0.520. The highest BCUT2D eigenvalue weighted by Crippen LogP contribution is 2.28. The van der Waals surface area contributed by atoms with Crippen LogP contribution in [0.2, 0.25) is 15.1 Å². The van der Waals surface area contributed by atoms with Crippen molar-refractivity contribution in [3.8, 4) is 5.75 Å². The minimum absolute atomic E-state index is 0.0455. The van der Waals surface area contributed by atoms with Gasteiger partial charge in [0.15, 0.2) is 0 Å². The molecule has 41 heavy (non-hydrogen) atoms. The summed E-state index contributed by atoms with van der Waals surface area (Å²) in [6.45, 7) is 4.73. The maximum Gasteiger partial charge on any atom is 0.264 e. The van der Waals surface area contributed by atoms with Crippen LogP contribution in [0.15, 0.2) is 71.6 Å². The molecule has 0 aliphatic heterocycles. The molecule has 0 heterocycles. The van der Waals surface area contributed by atoms with E-state index in [0.29, 0.717) is 32.8 Å². The third-order valence-corrected chi connectivity index (χ3v) is 9.19. The second-order valence-electron chi connectivity index (χ2n) is 9.41. The van der Waals surface area contributed by atoms with Gasteiger partial charge in [0, 0.05) is 27.7 Å². The van der Waals surface area contributed by atoms with Gasteiger partial charge in [-0.2, -0.15) is 0 Å². The molecule has 0 radical (unpaired) electrons. The molecule has 0 aliphatic rings. The summed E-state index contributed by atoms with van der Waals surface area (Å²) >= 11 is 18.5. The Balaban J connectivity index is 2.04. The van der Waals surface area contributed by atoms with Gasteiger partial charge in [0.05, 0.1) is 17.7 Å². The predicted molar refractivity (Wildman–Crippen MR) is 163 cm³/mol. The van der Waals surface area contributed by atoms with E-state index in [1.54, 1.807) is 25.1 Å². The van der Waals surface area contributed by atoms with Gasteiger partial charge in [-0.25, -0.2) is 8.42 Å². The predicted octanol–water partition coefficient (Wildman–Crippen LogP) is 6.18. The van der Waals surface area contributed by atoms with E-state index in [-0.39, 0.29) is 29.1 Å². The van der Waals surface area contributed by atoms with Gasteiger partial charge in [-0.3, -0.25) is 13.9 Å².